The molecule has 1 aliphatic carbocycles. The molecule has 1 aliphatic rings. The van der Waals surface area contributed by atoms with Crippen molar-refractivity contribution in [1.82, 2.24) is 0 Å². The zero-order valence-corrected chi connectivity index (χ0v) is 32.8. The summed E-state index contributed by atoms with van der Waals surface area (Å²) in [7, 11) is 0. The van der Waals surface area contributed by atoms with Gasteiger partial charge in [-0.2, -0.15) is 0 Å². The molecule has 0 saturated heterocycles. The number of benzene rings is 9. The fraction of sp³-hybridized carbons (Fsp3) is 0.0345. The van der Waals surface area contributed by atoms with Crippen molar-refractivity contribution in [1.29, 1.82) is 0 Å². The average Bonchev–Trinajstić information content (AvgIpc) is 3.33. The molecule has 0 radical (unpaired) electrons. The van der Waals surface area contributed by atoms with Crippen LogP contribution >= 0.6 is 0 Å². The molecule has 0 fully saturated rings. The zero-order chi connectivity index (χ0) is 39.4. The van der Waals surface area contributed by atoms with Crippen LogP contribution in [-0.2, 0) is 5.41 Å². The summed E-state index contributed by atoms with van der Waals surface area (Å²) in [6, 6.07) is 83.4. The van der Waals surface area contributed by atoms with Crippen LogP contribution in [0.4, 0.5) is 17.1 Å². The van der Waals surface area contributed by atoms with Crippen molar-refractivity contribution < 1.29 is 0 Å². The van der Waals surface area contributed by atoms with Crippen LogP contribution in [0.1, 0.15) is 23.1 Å². The molecule has 0 N–H and O–H groups in total. The minimum Gasteiger partial charge on any atom is -0.311 e. The Morgan fingerprint density at radius 3 is 1.24 bits per heavy atom. The number of allylic oxidation sites excluding steroid dienone is 4. The van der Waals surface area contributed by atoms with E-state index in [0.717, 1.165) is 23.5 Å². The number of anilines is 3. The summed E-state index contributed by atoms with van der Waals surface area (Å²) in [6.45, 7) is 0. The average molecular weight is 754 g/mol. The molecule has 0 spiro atoms. The van der Waals surface area contributed by atoms with E-state index in [1.54, 1.807) is 0 Å². The zero-order valence-electron chi connectivity index (χ0n) is 32.8. The summed E-state index contributed by atoms with van der Waals surface area (Å²) < 4.78 is 0. The molecule has 0 amide bonds. The van der Waals surface area contributed by atoms with Gasteiger partial charge in [0.25, 0.3) is 0 Å². The van der Waals surface area contributed by atoms with Gasteiger partial charge in [0.2, 0.25) is 0 Å². The molecule has 0 aliphatic heterocycles. The Labute approximate surface area is 347 Å². The topological polar surface area (TPSA) is 3.24 Å². The molecule has 0 heterocycles. The fourth-order valence-electron chi connectivity index (χ4n) is 8.74. The normalized spacial score (nSPS) is 14.8. The Kier molecular flexibility index (Phi) is 9.62. The molecule has 9 aromatic carbocycles. The predicted octanol–water partition coefficient (Wildman–Crippen LogP) is 15.6. The van der Waals surface area contributed by atoms with Gasteiger partial charge in [-0.05, 0) is 109 Å². The number of fused-ring (bicyclic) bond motifs is 1. The minimum atomic E-state index is -0.260. The van der Waals surface area contributed by atoms with E-state index in [9.17, 15) is 0 Å². The van der Waals surface area contributed by atoms with Gasteiger partial charge >= 0.3 is 0 Å². The van der Waals surface area contributed by atoms with Crippen molar-refractivity contribution >= 4 is 33.4 Å². The molecule has 280 valence electrons. The SMILES string of the molecule is C1=CC(c2ccccc2)(c2cccc3ccccc23)CC=C1c1ccc(N(c2ccc(-c3ccccc3)cc2)c2ccc(-c3ccc(-c4ccccc4)cc3)cc2)cc1. The van der Waals surface area contributed by atoms with E-state index in [-0.39, 0.29) is 5.41 Å². The largest absolute Gasteiger partial charge is 0.311 e. The molecule has 10 rings (SSSR count). The molecular formula is C58H43N. The van der Waals surface area contributed by atoms with Gasteiger partial charge in [-0.1, -0.05) is 212 Å². The van der Waals surface area contributed by atoms with E-state index in [1.165, 1.54) is 66.4 Å². The van der Waals surface area contributed by atoms with E-state index < -0.39 is 0 Å². The number of rotatable bonds is 9. The number of nitrogens with zero attached hydrogens (tertiary/aromatic N) is 1. The quantitative estimate of drug-likeness (QED) is 0.142. The second-order valence-corrected chi connectivity index (χ2v) is 15.3. The van der Waals surface area contributed by atoms with Crippen LogP contribution in [0.15, 0.2) is 249 Å². The first-order chi connectivity index (χ1) is 29.2. The molecule has 1 atom stereocenters. The van der Waals surface area contributed by atoms with Crippen molar-refractivity contribution in [3.63, 3.8) is 0 Å². The molecule has 9 aromatic rings. The summed E-state index contributed by atoms with van der Waals surface area (Å²) >= 11 is 0. The van der Waals surface area contributed by atoms with E-state index in [0.29, 0.717) is 0 Å². The molecule has 0 aromatic heterocycles. The van der Waals surface area contributed by atoms with Gasteiger partial charge in [-0.15, -0.1) is 0 Å². The highest BCUT2D eigenvalue weighted by Gasteiger charge is 2.34. The third-order valence-corrected chi connectivity index (χ3v) is 11.9. The summed E-state index contributed by atoms with van der Waals surface area (Å²) in [4.78, 5) is 2.35. The van der Waals surface area contributed by atoms with Crippen LogP contribution in [0.5, 0.6) is 0 Å². The standard InChI is InChI=1S/C58H43N/c1-4-13-43(14-5-1)45-23-25-46(26-24-45)48-29-35-54(36-30-48)59(53-33-27-47(28-34-53)44-15-6-2-7-16-44)55-37-31-49(32-38-55)50-39-41-58(42-40-50,52-19-8-3-9-20-52)57-22-12-18-51-17-10-11-21-56(51)57/h1-41H,42H2. The summed E-state index contributed by atoms with van der Waals surface area (Å²) in [5.74, 6) is 0. The van der Waals surface area contributed by atoms with Crippen molar-refractivity contribution in [2.75, 3.05) is 4.90 Å². The molecule has 0 bridgehead atoms. The first kappa shape index (κ1) is 35.9. The second-order valence-electron chi connectivity index (χ2n) is 15.3. The van der Waals surface area contributed by atoms with Crippen LogP contribution in [0.3, 0.4) is 0 Å². The maximum absolute atomic E-state index is 2.44. The van der Waals surface area contributed by atoms with Gasteiger partial charge in [0, 0.05) is 22.5 Å². The van der Waals surface area contributed by atoms with E-state index >= 15 is 0 Å². The van der Waals surface area contributed by atoms with E-state index in [2.05, 4.69) is 254 Å². The molecule has 1 nitrogen and oxygen atoms in total. The molecule has 0 saturated carbocycles. The lowest BCUT2D eigenvalue weighted by Crippen LogP contribution is -2.26. The van der Waals surface area contributed by atoms with Gasteiger partial charge < -0.3 is 4.90 Å². The van der Waals surface area contributed by atoms with Crippen LogP contribution in [0.2, 0.25) is 0 Å². The van der Waals surface area contributed by atoms with E-state index in [1.807, 2.05) is 0 Å². The van der Waals surface area contributed by atoms with Crippen molar-refractivity contribution in [2.24, 2.45) is 0 Å². The lowest BCUT2D eigenvalue weighted by atomic mass is 9.68. The Balaban J connectivity index is 0.970. The Bertz CT molecular complexity index is 2890. The van der Waals surface area contributed by atoms with Gasteiger partial charge in [-0.3, -0.25) is 0 Å². The maximum atomic E-state index is 2.44. The number of hydrogen-bond acceptors (Lipinski definition) is 1. The van der Waals surface area contributed by atoms with Gasteiger partial charge in [0.15, 0.2) is 0 Å². The second kappa shape index (κ2) is 15.8. The monoisotopic (exact) mass is 753 g/mol. The summed E-state index contributed by atoms with van der Waals surface area (Å²) in [5.41, 5.74) is 15.4. The third-order valence-electron chi connectivity index (χ3n) is 11.9. The summed E-state index contributed by atoms with van der Waals surface area (Å²) in [5, 5.41) is 2.57. The Morgan fingerprint density at radius 2 is 0.746 bits per heavy atom. The molecule has 1 heteroatoms. The number of hydrogen-bond donors (Lipinski definition) is 0. The van der Waals surface area contributed by atoms with Crippen LogP contribution < -0.4 is 4.90 Å². The van der Waals surface area contributed by atoms with Crippen LogP contribution in [0, 0.1) is 0 Å². The molecular weight excluding hydrogens is 711 g/mol. The van der Waals surface area contributed by atoms with Gasteiger partial charge in [0.1, 0.15) is 0 Å². The molecule has 59 heavy (non-hydrogen) atoms. The maximum Gasteiger partial charge on any atom is 0.0462 e. The van der Waals surface area contributed by atoms with Crippen molar-refractivity contribution in [3.05, 3.63) is 265 Å². The third kappa shape index (κ3) is 7.09. The minimum absolute atomic E-state index is 0.260. The Hall–Kier alpha value is -7.48. The van der Waals surface area contributed by atoms with Crippen molar-refractivity contribution in [2.45, 2.75) is 11.8 Å². The Morgan fingerprint density at radius 1 is 0.339 bits per heavy atom. The lowest BCUT2D eigenvalue weighted by molar-refractivity contribution is 0.655. The smallest absolute Gasteiger partial charge is 0.0462 e. The fourth-order valence-corrected chi connectivity index (χ4v) is 8.74. The lowest BCUT2D eigenvalue weighted by Gasteiger charge is -2.35. The van der Waals surface area contributed by atoms with E-state index in [4.69, 9.17) is 0 Å². The van der Waals surface area contributed by atoms with Gasteiger partial charge in [-0.25, -0.2) is 0 Å². The highest BCUT2D eigenvalue weighted by molar-refractivity contribution is 5.89. The first-order valence-corrected chi connectivity index (χ1v) is 20.5. The highest BCUT2D eigenvalue weighted by atomic mass is 15.1. The molecule has 1 unspecified atom stereocenters. The first-order valence-electron chi connectivity index (χ1n) is 20.5. The highest BCUT2D eigenvalue weighted by Crippen LogP contribution is 2.45. The van der Waals surface area contributed by atoms with Crippen LogP contribution in [0.25, 0.3) is 49.7 Å². The van der Waals surface area contributed by atoms with Crippen molar-refractivity contribution in [3.8, 4) is 33.4 Å². The predicted molar refractivity (Wildman–Crippen MR) is 250 cm³/mol. The summed E-state index contributed by atoms with van der Waals surface area (Å²) in [6.07, 6.45) is 8.07. The van der Waals surface area contributed by atoms with Crippen LogP contribution in [-0.4, -0.2) is 0 Å². The van der Waals surface area contributed by atoms with Gasteiger partial charge in [0.05, 0.1) is 0 Å².